The second kappa shape index (κ2) is 4.94. The zero-order chi connectivity index (χ0) is 9.68. The van der Waals surface area contributed by atoms with Crippen LogP contribution >= 0.6 is 11.6 Å². The number of nitrogens with zero attached hydrogens (tertiary/aromatic N) is 2. The molecule has 0 atom stereocenters. The molecular formula is C7H8ClFN2O2. The Hall–Kier alpha value is -0.940. The highest BCUT2D eigenvalue weighted by molar-refractivity contribution is 6.28. The molecule has 0 aliphatic rings. The fourth-order valence-corrected chi connectivity index (χ4v) is 0.780. The van der Waals surface area contributed by atoms with E-state index in [1.807, 2.05) is 0 Å². The van der Waals surface area contributed by atoms with E-state index in [2.05, 4.69) is 9.97 Å². The zero-order valence-electron chi connectivity index (χ0n) is 6.96. The Morgan fingerprint density at radius 2 is 2.31 bits per heavy atom. The molecule has 0 N–H and O–H groups in total. The predicted molar refractivity (Wildman–Crippen MR) is 44.4 cm³/mol. The average Bonchev–Trinajstić information content (AvgIpc) is 2.11. The molecule has 0 aromatic carbocycles. The molecule has 6 heteroatoms. The molecule has 0 aliphatic heterocycles. The monoisotopic (exact) mass is 206 g/mol. The Morgan fingerprint density at radius 1 is 1.54 bits per heavy atom. The lowest BCUT2D eigenvalue weighted by Gasteiger charge is -2.04. The maximum atomic E-state index is 12.8. The Kier molecular flexibility index (Phi) is 3.85. The van der Waals surface area contributed by atoms with E-state index < -0.39 is 5.82 Å². The third-order valence-corrected chi connectivity index (χ3v) is 1.39. The van der Waals surface area contributed by atoms with Crippen molar-refractivity contribution in [1.82, 2.24) is 9.97 Å². The van der Waals surface area contributed by atoms with Crippen molar-refractivity contribution in [2.45, 2.75) is 0 Å². The lowest BCUT2D eigenvalue weighted by atomic mass is 10.6. The number of hydrogen-bond donors (Lipinski definition) is 0. The number of aromatic nitrogens is 2. The second-order valence-electron chi connectivity index (χ2n) is 2.13. The highest BCUT2D eigenvalue weighted by Crippen LogP contribution is 2.13. The van der Waals surface area contributed by atoms with Crippen LogP contribution in [0.4, 0.5) is 4.39 Å². The summed E-state index contributed by atoms with van der Waals surface area (Å²) >= 11 is 5.43. The van der Waals surface area contributed by atoms with E-state index in [1.54, 1.807) is 0 Å². The van der Waals surface area contributed by atoms with Gasteiger partial charge < -0.3 is 9.47 Å². The summed E-state index contributed by atoms with van der Waals surface area (Å²) < 4.78 is 22.5. The number of methoxy groups -OCH3 is 1. The summed E-state index contributed by atoms with van der Waals surface area (Å²) in [6.07, 6.45) is 0.956. The normalized spacial score (nSPS) is 10.1. The van der Waals surface area contributed by atoms with Crippen LogP contribution in [0.3, 0.4) is 0 Å². The Balaban J connectivity index is 2.59. The van der Waals surface area contributed by atoms with Gasteiger partial charge in [0, 0.05) is 7.11 Å². The van der Waals surface area contributed by atoms with E-state index >= 15 is 0 Å². The van der Waals surface area contributed by atoms with Gasteiger partial charge in [-0.15, -0.1) is 0 Å². The number of ether oxygens (including phenoxy) is 2. The van der Waals surface area contributed by atoms with Crippen molar-refractivity contribution < 1.29 is 13.9 Å². The maximum absolute atomic E-state index is 12.8. The molecule has 0 amide bonds. The van der Waals surface area contributed by atoms with Crippen molar-refractivity contribution in [3.63, 3.8) is 0 Å². The van der Waals surface area contributed by atoms with Gasteiger partial charge in [-0.25, -0.2) is 4.98 Å². The third-order valence-electron chi connectivity index (χ3n) is 1.21. The van der Waals surface area contributed by atoms with E-state index in [0.29, 0.717) is 6.61 Å². The topological polar surface area (TPSA) is 44.2 Å². The maximum Gasteiger partial charge on any atom is 0.254 e. The SMILES string of the molecule is COCCOc1nc(Cl)ncc1F. The van der Waals surface area contributed by atoms with Gasteiger partial charge in [-0.1, -0.05) is 0 Å². The summed E-state index contributed by atoms with van der Waals surface area (Å²) in [6.45, 7) is 0.585. The van der Waals surface area contributed by atoms with Gasteiger partial charge in [-0.05, 0) is 11.6 Å². The molecule has 0 unspecified atom stereocenters. The molecule has 1 aromatic heterocycles. The van der Waals surface area contributed by atoms with Crippen LogP contribution in [0.2, 0.25) is 5.28 Å². The molecule has 0 radical (unpaired) electrons. The molecule has 13 heavy (non-hydrogen) atoms. The summed E-state index contributed by atoms with van der Waals surface area (Å²) in [4.78, 5) is 6.98. The van der Waals surface area contributed by atoms with Crippen LogP contribution in [0.5, 0.6) is 5.88 Å². The summed E-state index contributed by atoms with van der Waals surface area (Å²) in [5, 5.41) is -0.0474. The first-order valence-electron chi connectivity index (χ1n) is 3.54. The number of hydrogen-bond acceptors (Lipinski definition) is 4. The molecule has 0 spiro atoms. The summed E-state index contributed by atoms with van der Waals surface area (Å²) in [5.74, 6) is -0.794. The number of rotatable bonds is 4. The van der Waals surface area contributed by atoms with Crippen LogP contribution in [-0.2, 0) is 4.74 Å². The minimum Gasteiger partial charge on any atom is -0.473 e. The quantitative estimate of drug-likeness (QED) is 0.550. The lowest BCUT2D eigenvalue weighted by Crippen LogP contribution is -2.07. The average molecular weight is 207 g/mol. The van der Waals surface area contributed by atoms with Gasteiger partial charge in [0.2, 0.25) is 11.1 Å². The molecule has 0 saturated heterocycles. The van der Waals surface area contributed by atoms with Gasteiger partial charge in [0.1, 0.15) is 6.61 Å². The highest BCUT2D eigenvalue weighted by Gasteiger charge is 2.06. The summed E-state index contributed by atoms with van der Waals surface area (Å²) in [6, 6.07) is 0. The van der Waals surface area contributed by atoms with E-state index in [-0.39, 0.29) is 17.8 Å². The first kappa shape index (κ1) is 10.1. The fraction of sp³-hybridized carbons (Fsp3) is 0.429. The van der Waals surface area contributed by atoms with Gasteiger partial charge in [-0.3, -0.25) is 0 Å². The van der Waals surface area contributed by atoms with Crippen molar-refractivity contribution >= 4 is 11.6 Å². The summed E-state index contributed by atoms with van der Waals surface area (Å²) in [7, 11) is 1.52. The Labute approximate surface area is 79.7 Å². The summed E-state index contributed by atoms with van der Waals surface area (Å²) in [5.41, 5.74) is 0. The fourth-order valence-electron chi connectivity index (χ4n) is 0.654. The first-order valence-corrected chi connectivity index (χ1v) is 3.91. The van der Waals surface area contributed by atoms with E-state index in [1.165, 1.54) is 7.11 Å². The molecule has 0 fully saturated rings. The molecule has 1 aromatic rings. The van der Waals surface area contributed by atoms with Crippen LogP contribution in [-0.4, -0.2) is 30.3 Å². The van der Waals surface area contributed by atoms with E-state index in [0.717, 1.165) is 6.20 Å². The van der Waals surface area contributed by atoms with Gasteiger partial charge >= 0.3 is 0 Å². The molecule has 0 saturated carbocycles. The van der Waals surface area contributed by atoms with Crippen LogP contribution in [0, 0.1) is 5.82 Å². The molecule has 0 aliphatic carbocycles. The van der Waals surface area contributed by atoms with E-state index in [4.69, 9.17) is 21.1 Å². The minimum absolute atomic E-state index is 0.0474. The molecule has 0 bridgehead atoms. The predicted octanol–water partition coefficient (Wildman–Crippen LogP) is 1.29. The molecule has 4 nitrogen and oxygen atoms in total. The Morgan fingerprint density at radius 3 is 3.00 bits per heavy atom. The van der Waals surface area contributed by atoms with Crippen molar-refractivity contribution in [1.29, 1.82) is 0 Å². The second-order valence-corrected chi connectivity index (χ2v) is 2.47. The van der Waals surface area contributed by atoms with Crippen molar-refractivity contribution in [3.8, 4) is 5.88 Å². The van der Waals surface area contributed by atoms with E-state index in [9.17, 15) is 4.39 Å². The van der Waals surface area contributed by atoms with Gasteiger partial charge in [0.25, 0.3) is 5.88 Å². The van der Waals surface area contributed by atoms with Crippen molar-refractivity contribution in [2.24, 2.45) is 0 Å². The molecule has 1 heterocycles. The van der Waals surface area contributed by atoms with Gasteiger partial charge in [-0.2, -0.15) is 9.37 Å². The smallest absolute Gasteiger partial charge is 0.254 e. The number of halogens is 2. The van der Waals surface area contributed by atoms with Crippen LogP contribution in [0.1, 0.15) is 0 Å². The first-order chi connectivity index (χ1) is 6.24. The van der Waals surface area contributed by atoms with Gasteiger partial charge in [0.15, 0.2) is 0 Å². The molecule has 1 rings (SSSR count). The molecular weight excluding hydrogens is 199 g/mol. The minimum atomic E-state index is -0.638. The van der Waals surface area contributed by atoms with Crippen molar-refractivity contribution in [3.05, 3.63) is 17.3 Å². The van der Waals surface area contributed by atoms with Gasteiger partial charge in [0.05, 0.1) is 12.8 Å². The van der Waals surface area contributed by atoms with Crippen LogP contribution < -0.4 is 4.74 Å². The Bertz CT molecular complexity index is 285. The zero-order valence-corrected chi connectivity index (χ0v) is 7.71. The van der Waals surface area contributed by atoms with Crippen LogP contribution in [0.25, 0.3) is 0 Å². The highest BCUT2D eigenvalue weighted by atomic mass is 35.5. The van der Waals surface area contributed by atoms with Crippen LogP contribution in [0.15, 0.2) is 6.20 Å². The standard InChI is InChI=1S/C7H8ClFN2O2/c1-12-2-3-13-6-5(9)4-10-7(8)11-6/h4H,2-3H2,1H3. The molecule has 72 valence electrons. The van der Waals surface area contributed by atoms with Crippen molar-refractivity contribution in [2.75, 3.05) is 20.3 Å². The largest absolute Gasteiger partial charge is 0.473 e. The third kappa shape index (κ3) is 3.12. The lowest BCUT2D eigenvalue weighted by molar-refractivity contribution is 0.140.